The Morgan fingerprint density at radius 3 is 2.71 bits per heavy atom. The molecule has 21 heavy (non-hydrogen) atoms. The molecule has 0 aliphatic carbocycles. The van der Waals surface area contributed by atoms with Crippen LogP contribution in [0.4, 0.5) is 0 Å². The van der Waals surface area contributed by atoms with Crippen molar-refractivity contribution in [1.29, 1.82) is 0 Å². The fourth-order valence-corrected chi connectivity index (χ4v) is 3.78. The fourth-order valence-electron chi connectivity index (χ4n) is 1.92. The molecule has 1 aromatic carbocycles. The fraction of sp³-hybridized carbons (Fsp3) is 0.133. The van der Waals surface area contributed by atoms with Gasteiger partial charge in [0.2, 0.25) is 0 Å². The molecule has 0 fully saturated rings. The third-order valence-electron chi connectivity index (χ3n) is 3.01. The molecule has 3 rings (SSSR count). The molecule has 2 heterocycles. The van der Waals surface area contributed by atoms with E-state index in [1.807, 2.05) is 0 Å². The molecule has 0 unspecified atom stereocenters. The van der Waals surface area contributed by atoms with Gasteiger partial charge in [0, 0.05) is 15.2 Å². The number of hydrogen-bond donors (Lipinski definition) is 1. The smallest absolute Gasteiger partial charge is 0.335 e. The molecule has 106 valence electrons. The van der Waals surface area contributed by atoms with Crippen LogP contribution in [0.5, 0.6) is 0 Å². The van der Waals surface area contributed by atoms with Crippen LogP contribution in [-0.4, -0.2) is 21.0 Å². The molecule has 0 aliphatic rings. The van der Waals surface area contributed by atoms with Crippen molar-refractivity contribution in [2.45, 2.75) is 23.3 Å². The number of rotatable bonds is 4. The van der Waals surface area contributed by atoms with Gasteiger partial charge in [-0.15, -0.1) is 11.3 Å². The molecule has 0 radical (unpaired) electrons. The van der Waals surface area contributed by atoms with Crippen LogP contribution in [0.25, 0.3) is 10.2 Å². The van der Waals surface area contributed by atoms with Crippen molar-refractivity contribution in [3.8, 4) is 0 Å². The van der Waals surface area contributed by atoms with Gasteiger partial charge in [-0.3, -0.25) is 0 Å². The van der Waals surface area contributed by atoms with Crippen LogP contribution in [0, 0.1) is 0 Å². The molecule has 2 aromatic heterocycles. The normalized spacial score (nSPS) is 10.9. The minimum Gasteiger partial charge on any atom is -0.478 e. The zero-order chi connectivity index (χ0) is 14.8. The lowest BCUT2D eigenvalue weighted by Gasteiger charge is -2.02. The quantitative estimate of drug-likeness (QED) is 0.734. The number of nitrogens with zero attached hydrogens (tertiary/aromatic N) is 2. The number of aryl methyl sites for hydroxylation is 1. The minimum absolute atomic E-state index is 0.288. The number of thiophene rings is 1. The molecular formula is C15H12N2O2S2. The van der Waals surface area contributed by atoms with Gasteiger partial charge in [-0.05, 0) is 36.8 Å². The van der Waals surface area contributed by atoms with Crippen molar-refractivity contribution in [1.82, 2.24) is 9.97 Å². The zero-order valence-electron chi connectivity index (χ0n) is 11.2. The third kappa shape index (κ3) is 2.91. The molecule has 0 amide bonds. The summed E-state index contributed by atoms with van der Waals surface area (Å²) < 4.78 is 0. The summed E-state index contributed by atoms with van der Waals surface area (Å²) >= 11 is 3.21. The summed E-state index contributed by atoms with van der Waals surface area (Å²) in [6.45, 7) is 2.12. The van der Waals surface area contributed by atoms with Crippen molar-refractivity contribution < 1.29 is 9.90 Å². The second kappa shape index (κ2) is 5.83. The van der Waals surface area contributed by atoms with Crippen LogP contribution < -0.4 is 0 Å². The maximum absolute atomic E-state index is 10.9. The maximum Gasteiger partial charge on any atom is 0.335 e. The predicted molar refractivity (Wildman–Crippen MR) is 84.3 cm³/mol. The van der Waals surface area contributed by atoms with Crippen LogP contribution in [-0.2, 0) is 6.42 Å². The number of aromatic nitrogens is 2. The molecule has 1 N–H and O–H groups in total. The van der Waals surface area contributed by atoms with Gasteiger partial charge in [0.15, 0.2) is 0 Å². The van der Waals surface area contributed by atoms with Gasteiger partial charge in [-0.1, -0.05) is 18.7 Å². The molecule has 0 saturated heterocycles. The molecule has 6 heteroatoms. The average molecular weight is 316 g/mol. The van der Waals surface area contributed by atoms with Crippen LogP contribution in [0.2, 0.25) is 0 Å². The maximum atomic E-state index is 10.9. The van der Waals surface area contributed by atoms with Gasteiger partial charge in [0.05, 0.1) is 5.56 Å². The Morgan fingerprint density at radius 1 is 1.29 bits per heavy atom. The molecule has 0 atom stereocenters. The van der Waals surface area contributed by atoms with E-state index in [1.165, 1.54) is 16.6 Å². The van der Waals surface area contributed by atoms with E-state index < -0.39 is 5.97 Å². The summed E-state index contributed by atoms with van der Waals surface area (Å²) in [5.74, 6) is -0.915. The number of carboxylic acids is 1. The van der Waals surface area contributed by atoms with Crippen molar-refractivity contribution in [2.75, 3.05) is 0 Å². The lowest BCUT2D eigenvalue weighted by atomic mass is 10.2. The van der Waals surface area contributed by atoms with E-state index in [1.54, 1.807) is 41.9 Å². The van der Waals surface area contributed by atoms with E-state index in [-0.39, 0.29) is 5.56 Å². The van der Waals surface area contributed by atoms with Crippen molar-refractivity contribution in [3.05, 3.63) is 47.1 Å². The summed E-state index contributed by atoms with van der Waals surface area (Å²) in [5, 5.41) is 10.9. The van der Waals surface area contributed by atoms with Gasteiger partial charge in [0.25, 0.3) is 0 Å². The molecule has 0 aliphatic heterocycles. The van der Waals surface area contributed by atoms with E-state index in [2.05, 4.69) is 23.0 Å². The first-order chi connectivity index (χ1) is 10.2. The summed E-state index contributed by atoms with van der Waals surface area (Å²) in [6, 6.07) is 8.95. The molecule has 4 nitrogen and oxygen atoms in total. The first kappa shape index (κ1) is 14.0. The van der Waals surface area contributed by atoms with Gasteiger partial charge in [-0.25, -0.2) is 14.8 Å². The first-order valence-electron chi connectivity index (χ1n) is 6.42. The van der Waals surface area contributed by atoms with E-state index in [0.29, 0.717) is 0 Å². The second-order valence-corrected chi connectivity index (χ2v) is 6.57. The Morgan fingerprint density at radius 2 is 2.05 bits per heavy atom. The van der Waals surface area contributed by atoms with E-state index in [0.717, 1.165) is 26.6 Å². The summed E-state index contributed by atoms with van der Waals surface area (Å²) in [4.78, 5) is 22.8. The van der Waals surface area contributed by atoms with Gasteiger partial charge in [0.1, 0.15) is 16.2 Å². The highest BCUT2D eigenvalue weighted by molar-refractivity contribution is 7.99. The second-order valence-electron chi connectivity index (χ2n) is 4.40. The Balaban J connectivity index is 1.93. The molecule has 0 spiro atoms. The molecule has 0 bridgehead atoms. The number of aromatic carboxylic acids is 1. The third-order valence-corrected chi connectivity index (χ3v) is 5.22. The average Bonchev–Trinajstić information content (AvgIpc) is 2.92. The van der Waals surface area contributed by atoms with Crippen LogP contribution in [0.3, 0.4) is 0 Å². The van der Waals surface area contributed by atoms with Crippen LogP contribution in [0.1, 0.15) is 22.2 Å². The van der Waals surface area contributed by atoms with Gasteiger partial charge >= 0.3 is 5.97 Å². The van der Waals surface area contributed by atoms with Gasteiger partial charge < -0.3 is 5.11 Å². The van der Waals surface area contributed by atoms with Crippen molar-refractivity contribution >= 4 is 39.3 Å². The molecule has 0 saturated carbocycles. The summed E-state index contributed by atoms with van der Waals surface area (Å²) in [5.41, 5.74) is 0.288. The van der Waals surface area contributed by atoms with Gasteiger partial charge in [-0.2, -0.15) is 0 Å². The Hall–Kier alpha value is -1.92. The predicted octanol–water partition coefficient (Wildman–Crippen LogP) is 4.10. The van der Waals surface area contributed by atoms with Crippen LogP contribution >= 0.6 is 23.1 Å². The lowest BCUT2D eigenvalue weighted by molar-refractivity contribution is 0.0697. The number of fused-ring (bicyclic) bond motifs is 1. The summed E-state index contributed by atoms with van der Waals surface area (Å²) in [6.07, 6.45) is 2.56. The number of hydrogen-bond acceptors (Lipinski definition) is 5. The lowest BCUT2D eigenvalue weighted by Crippen LogP contribution is -1.94. The Kier molecular flexibility index (Phi) is 3.90. The number of carbonyl (C=O) groups is 1. The van der Waals surface area contributed by atoms with E-state index >= 15 is 0 Å². The van der Waals surface area contributed by atoms with Crippen molar-refractivity contribution in [2.24, 2.45) is 0 Å². The number of carboxylic acid groups (broad SMARTS) is 1. The Labute approximate surface area is 129 Å². The molecule has 3 aromatic rings. The highest BCUT2D eigenvalue weighted by Crippen LogP contribution is 2.34. The topological polar surface area (TPSA) is 63.1 Å². The highest BCUT2D eigenvalue weighted by Gasteiger charge is 2.10. The minimum atomic E-state index is -0.915. The largest absolute Gasteiger partial charge is 0.478 e. The first-order valence-corrected chi connectivity index (χ1v) is 8.05. The monoisotopic (exact) mass is 316 g/mol. The molecular weight excluding hydrogens is 304 g/mol. The van der Waals surface area contributed by atoms with E-state index in [4.69, 9.17) is 5.11 Å². The van der Waals surface area contributed by atoms with E-state index in [9.17, 15) is 4.79 Å². The van der Waals surface area contributed by atoms with Crippen LogP contribution in [0.15, 0.2) is 46.6 Å². The summed E-state index contributed by atoms with van der Waals surface area (Å²) in [7, 11) is 0. The zero-order valence-corrected chi connectivity index (χ0v) is 12.9. The van der Waals surface area contributed by atoms with Crippen molar-refractivity contribution in [3.63, 3.8) is 0 Å². The SMILES string of the molecule is CCc1cc2c(Sc3ccc(C(=O)O)cc3)ncnc2s1. The Bertz CT molecular complexity index is 797. The standard InChI is InChI=1S/C15H12N2O2S2/c1-2-10-7-12-13(20-10)16-8-17-14(12)21-11-5-3-9(4-6-11)15(18)19/h3-8H,2H2,1H3,(H,18,19). The highest BCUT2D eigenvalue weighted by atomic mass is 32.2. The number of benzene rings is 1.